The van der Waals surface area contributed by atoms with Crippen LogP contribution in [0.1, 0.15) is 12.8 Å². The van der Waals surface area contributed by atoms with Crippen LogP contribution >= 0.6 is 0 Å². The van der Waals surface area contributed by atoms with Crippen LogP contribution < -0.4 is 11.1 Å². The maximum absolute atomic E-state index is 11.0. The number of hydrogen-bond donors (Lipinski definition) is 2. The summed E-state index contributed by atoms with van der Waals surface area (Å²) in [7, 11) is 0. The molecule has 1 unspecified atom stereocenters. The zero-order valence-corrected chi connectivity index (χ0v) is 11.0. The molecule has 1 heterocycles. The zero-order chi connectivity index (χ0) is 14.1. The lowest BCUT2D eigenvalue weighted by molar-refractivity contribution is -0.383. The Hall–Kier alpha value is -2.21. The van der Waals surface area contributed by atoms with Gasteiger partial charge < -0.3 is 11.1 Å². The van der Waals surface area contributed by atoms with Crippen LogP contribution in [0.5, 0.6) is 0 Å². The number of anilines is 1. The van der Waals surface area contributed by atoms with Crippen LogP contribution in [-0.2, 0) is 0 Å². The van der Waals surface area contributed by atoms with Gasteiger partial charge in [-0.25, -0.2) is 4.98 Å². The van der Waals surface area contributed by atoms with E-state index in [1.54, 1.807) is 18.3 Å². The molecule has 1 aromatic heterocycles. The largest absolute Gasteiger partial charge is 0.383 e. The van der Waals surface area contributed by atoms with E-state index in [2.05, 4.69) is 10.3 Å². The summed E-state index contributed by atoms with van der Waals surface area (Å²) >= 11 is 0. The summed E-state index contributed by atoms with van der Waals surface area (Å²) < 4.78 is 0. The highest BCUT2D eigenvalue weighted by Gasteiger charge is 2.28. The van der Waals surface area contributed by atoms with Crippen LogP contribution in [0.15, 0.2) is 30.5 Å². The quantitative estimate of drug-likeness (QED) is 0.643. The van der Waals surface area contributed by atoms with Crippen molar-refractivity contribution in [2.75, 3.05) is 11.9 Å². The van der Waals surface area contributed by atoms with Crippen LogP contribution in [-0.4, -0.2) is 22.5 Å². The lowest BCUT2D eigenvalue weighted by atomic mass is 10.1. The lowest BCUT2D eigenvalue weighted by Gasteiger charge is -2.14. The molecule has 1 aliphatic rings. The number of nitrogens with one attached hydrogen (secondary N) is 1. The molecule has 1 aliphatic carbocycles. The van der Waals surface area contributed by atoms with Gasteiger partial charge in [0.1, 0.15) is 5.52 Å². The van der Waals surface area contributed by atoms with Gasteiger partial charge in [-0.1, -0.05) is 0 Å². The minimum Gasteiger partial charge on any atom is -0.383 e. The summed E-state index contributed by atoms with van der Waals surface area (Å²) in [5.41, 5.74) is 7.34. The minimum atomic E-state index is -0.408. The fraction of sp³-hybridized carbons (Fsp3) is 0.357. The molecule has 1 atom stereocenters. The van der Waals surface area contributed by atoms with Gasteiger partial charge >= 0.3 is 0 Å². The van der Waals surface area contributed by atoms with Crippen LogP contribution in [0.3, 0.4) is 0 Å². The Balaban J connectivity index is 1.91. The van der Waals surface area contributed by atoms with E-state index in [4.69, 9.17) is 5.73 Å². The molecule has 3 N–H and O–H groups in total. The highest BCUT2D eigenvalue weighted by molar-refractivity contribution is 5.96. The van der Waals surface area contributed by atoms with Crippen molar-refractivity contribution in [3.63, 3.8) is 0 Å². The number of nitro groups is 1. The summed E-state index contributed by atoms with van der Waals surface area (Å²) in [6.45, 7) is 0.673. The van der Waals surface area contributed by atoms with Crippen LogP contribution in [0, 0.1) is 16.0 Å². The fourth-order valence-corrected chi connectivity index (χ4v) is 2.38. The van der Waals surface area contributed by atoms with Gasteiger partial charge in [-0.15, -0.1) is 0 Å². The first-order valence-corrected chi connectivity index (χ1v) is 6.68. The molecule has 0 saturated heterocycles. The van der Waals surface area contributed by atoms with Crippen molar-refractivity contribution in [1.82, 2.24) is 4.98 Å². The molecule has 20 heavy (non-hydrogen) atoms. The van der Waals surface area contributed by atoms with Gasteiger partial charge in [0.15, 0.2) is 0 Å². The molecule has 1 aromatic carbocycles. The Morgan fingerprint density at radius 3 is 2.95 bits per heavy atom. The van der Waals surface area contributed by atoms with E-state index in [0.717, 1.165) is 11.1 Å². The van der Waals surface area contributed by atoms with Crippen molar-refractivity contribution >= 4 is 22.3 Å². The number of nitrogens with zero attached hydrogens (tertiary/aromatic N) is 2. The third-order valence-electron chi connectivity index (χ3n) is 3.70. The minimum absolute atomic E-state index is 0.0256. The molecule has 0 radical (unpaired) electrons. The van der Waals surface area contributed by atoms with Crippen molar-refractivity contribution in [2.24, 2.45) is 11.7 Å². The molecule has 104 valence electrons. The summed E-state index contributed by atoms with van der Waals surface area (Å²) in [5.74, 6) is 0.616. The van der Waals surface area contributed by atoms with Crippen molar-refractivity contribution in [2.45, 2.75) is 18.9 Å². The first kappa shape index (κ1) is 12.8. The van der Waals surface area contributed by atoms with Gasteiger partial charge in [-0.3, -0.25) is 10.1 Å². The topological polar surface area (TPSA) is 94.1 Å². The molecule has 1 fully saturated rings. The van der Waals surface area contributed by atoms with Crippen LogP contribution in [0.4, 0.5) is 11.4 Å². The molecule has 6 nitrogen and oxygen atoms in total. The predicted octanol–water partition coefficient (Wildman–Crippen LogP) is 2.29. The molecular formula is C14H16N4O2. The third-order valence-corrected chi connectivity index (χ3v) is 3.70. The average Bonchev–Trinajstić information content (AvgIpc) is 3.28. The van der Waals surface area contributed by atoms with Gasteiger partial charge in [0.25, 0.3) is 5.69 Å². The van der Waals surface area contributed by atoms with E-state index in [1.165, 1.54) is 18.9 Å². The Morgan fingerprint density at radius 2 is 2.25 bits per heavy atom. The van der Waals surface area contributed by atoms with Gasteiger partial charge in [-0.2, -0.15) is 0 Å². The predicted molar refractivity (Wildman–Crippen MR) is 77.6 cm³/mol. The maximum Gasteiger partial charge on any atom is 0.295 e. The molecule has 1 saturated carbocycles. The Kier molecular flexibility index (Phi) is 3.23. The van der Waals surface area contributed by atoms with E-state index in [1.807, 2.05) is 6.07 Å². The number of pyridine rings is 1. The normalized spacial score (nSPS) is 16.1. The highest BCUT2D eigenvalue weighted by atomic mass is 16.6. The van der Waals surface area contributed by atoms with E-state index < -0.39 is 4.92 Å². The number of nitro benzene ring substituents is 1. The number of aromatic nitrogens is 1. The molecule has 0 spiro atoms. The molecule has 0 aliphatic heterocycles. The standard InChI is InChI=1S/C14H16N4O2/c15-11(9-3-4-9)8-17-12-5-6-13(18(19)20)14-10(12)2-1-7-16-14/h1-2,5-7,9,11,17H,3-4,8,15H2. The highest BCUT2D eigenvalue weighted by Crippen LogP contribution is 2.33. The molecule has 0 amide bonds. The van der Waals surface area contributed by atoms with E-state index in [9.17, 15) is 10.1 Å². The van der Waals surface area contributed by atoms with Gasteiger partial charge in [0, 0.05) is 35.9 Å². The second kappa shape index (κ2) is 5.05. The summed E-state index contributed by atoms with van der Waals surface area (Å²) in [5, 5.41) is 15.1. The van der Waals surface area contributed by atoms with Crippen LogP contribution in [0.25, 0.3) is 10.9 Å². The number of nitrogens with two attached hydrogens (primary N) is 1. The third kappa shape index (κ3) is 2.42. The number of non-ortho nitro benzene ring substituents is 1. The van der Waals surface area contributed by atoms with Gasteiger partial charge in [-0.05, 0) is 37.0 Å². The first-order chi connectivity index (χ1) is 9.66. The SMILES string of the molecule is NC(CNc1ccc([N+](=O)[O-])c2ncccc12)C1CC1. The van der Waals surface area contributed by atoms with E-state index in [0.29, 0.717) is 18.0 Å². The van der Waals surface area contributed by atoms with Gasteiger partial charge in [0.05, 0.1) is 4.92 Å². The van der Waals surface area contributed by atoms with Crippen LogP contribution in [0.2, 0.25) is 0 Å². The van der Waals surface area contributed by atoms with Crippen molar-refractivity contribution in [1.29, 1.82) is 0 Å². The second-order valence-corrected chi connectivity index (χ2v) is 5.17. The zero-order valence-electron chi connectivity index (χ0n) is 11.0. The monoisotopic (exact) mass is 272 g/mol. The van der Waals surface area contributed by atoms with Crippen molar-refractivity contribution in [3.8, 4) is 0 Å². The lowest BCUT2D eigenvalue weighted by Crippen LogP contribution is -2.31. The molecule has 6 heteroatoms. The average molecular weight is 272 g/mol. The molecule has 3 rings (SSSR count). The Labute approximate surface area is 116 Å². The van der Waals surface area contributed by atoms with E-state index in [-0.39, 0.29) is 11.7 Å². The van der Waals surface area contributed by atoms with E-state index >= 15 is 0 Å². The Bertz CT molecular complexity index is 655. The maximum atomic E-state index is 11.0. The fourth-order valence-electron chi connectivity index (χ4n) is 2.38. The summed E-state index contributed by atoms with van der Waals surface area (Å²) in [6.07, 6.45) is 3.96. The van der Waals surface area contributed by atoms with Crippen molar-refractivity contribution < 1.29 is 4.92 Å². The van der Waals surface area contributed by atoms with Gasteiger partial charge in [0.2, 0.25) is 0 Å². The molecular weight excluding hydrogens is 256 g/mol. The molecule has 0 bridgehead atoms. The number of benzene rings is 1. The number of fused-ring (bicyclic) bond motifs is 1. The first-order valence-electron chi connectivity index (χ1n) is 6.68. The second-order valence-electron chi connectivity index (χ2n) is 5.17. The van der Waals surface area contributed by atoms with Crippen molar-refractivity contribution in [3.05, 3.63) is 40.6 Å². The number of hydrogen-bond acceptors (Lipinski definition) is 5. The smallest absolute Gasteiger partial charge is 0.295 e. The summed E-state index contributed by atoms with van der Waals surface area (Å²) in [4.78, 5) is 14.7. The number of rotatable bonds is 5. The Morgan fingerprint density at radius 1 is 1.45 bits per heavy atom. The summed E-state index contributed by atoms with van der Waals surface area (Å²) in [6, 6.07) is 6.96. The molecule has 2 aromatic rings.